The number of carbonyl (C=O) groups is 2. The largest absolute Gasteiger partial charge is 0.406 e. The van der Waals surface area contributed by atoms with Crippen molar-refractivity contribution >= 4 is 11.8 Å². The molecule has 0 saturated carbocycles. The third kappa shape index (κ3) is 5.50. The van der Waals surface area contributed by atoms with Gasteiger partial charge in [-0.25, -0.2) is 4.39 Å². The number of hydrogen-bond donors (Lipinski definition) is 1. The Labute approximate surface area is 136 Å². The summed E-state index contributed by atoms with van der Waals surface area (Å²) in [6, 6.07) is 6.12. The van der Waals surface area contributed by atoms with E-state index in [1.54, 1.807) is 12.1 Å². The Morgan fingerprint density at radius 2 is 2.08 bits per heavy atom. The maximum atomic E-state index is 13.0. The first-order valence-corrected chi connectivity index (χ1v) is 7.61. The molecule has 1 atom stereocenters. The summed E-state index contributed by atoms with van der Waals surface area (Å²) in [7, 11) is 0. The molecule has 1 aromatic carbocycles. The minimum Gasteiger partial charge on any atom is -0.356 e. The van der Waals surface area contributed by atoms with Gasteiger partial charge in [-0.3, -0.25) is 9.59 Å². The Morgan fingerprint density at radius 3 is 2.75 bits per heavy atom. The summed E-state index contributed by atoms with van der Waals surface area (Å²) in [6.07, 6.45) is -3.53. The molecule has 1 fully saturated rings. The normalized spacial score (nSPS) is 18.1. The number of carbonyl (C=O) groups excluding carboxylic acids is 2. The minimum absolute atomic E-state index is 0.203. The Kier molecular flexibility index (Phi) is 5.80. The van der Waals surface area contributed by atoms with Crippen LogP contribution >= 0.6 is 0 Å². The lowest BCUT2D eigenvalue weighted by Gasteiger charge is -2.18. The van der Waals surface area contributed by atoms with E-state index in [1.165, 1.54) is 12.1 Å². The highest BCUT2D eigenvalue weighted by molar-refractivity contribution is 5.89. The molecule has 1 aliphatic heterocycles. The molecule has 0 unspecified atom stereocenters. The molecule has 1 N–H and O–H groups in total. The number of nitrogens with zero attached hydrogens (tertiary/aromatic N) is 1. The van der Waals surface area contributed by atoms with Crippen LogP contribution in [-0.2, 0) is 16.0 Å². The summed E-state index contributed by atoms with van der Waals surface area (Å²) in [4.78, 5) is 24.1. The van der Waals surface area contributed by atoms with Crippen molar-refractivity contribution in [3.8, 4) is 0 Å². The molecule has 1 aliphatic rings. The molecule has 1 saturated heterocycles. The van der Waals surface area contributed by atoms with E-state index >= 15 is 0 Å². The molecule has 4 nitrogen and oxygen atoms in total. The summed E-state index contributed by atoms with van der Waals surface area (Å²) >= 11 is 0. The van der Waals surface area contributed by atoms with E-state index in [-0.39, 0.29) is 18.8 Å². The second-order valence-corrected chi connectivity index (χ2v) is 5.81. The molecule has 0 bridgehead atoms. The van der Waals surface area contributed by atoms with Gasteiger partial charge in [-0.15, -0.1) is 0 Å². The number of amides is 2. The van der Waals surface area contributed by atoms with Crippen LogP contribution in [0.3, 0.4) is 0 Å². The summed E-state index contributed by atoms with van der Waals surface area (Å²) in [5, 5.41) is 2.62. The molecule has 2 amide bonds. The van der Waals surface area contributed by atoms with E-state index in [1.807, 2.05) is 0 Å². The fourth-order valence-corrected chi connectivity index (χ4v) is 2.66. The zero-order valence-corrected chi connectivity index (χ0v) is 12.9. The van der Waals surface area contributed by atoms with E-state index in [0.717, 1.165) is 5.56 Å². The maximum absolute atomic E-state index is 13.0. The Bertz CT molecular complexity index is 604. The molecule has 0 aromatic heterocycles. The van der Waals surface area contributed by atoms with E-state index in [4.69, 9.17) is 0 Å². The molecule has 1 aromatic rings. The van der Waals surface area contributed by atoms with Crippen LogP contribution in [0.5, 0.6) is 0 Å². The van der Waals surface area contributed by atoms with Crippen LogP contribution in [0.25, 0.3) is 0 Å². The average molecular weight is 346 g/mol. The summed E-state index contributed by atoms with van der Waals surface area (Å²) < 4.78 is 50.0. The Balaban J connectivity index is 1.72. The fourth-order valence-electron chi connectivity index (χ4n) is 2.66. The first-order valence-electron chi connectivity index (χ1n) is 7.61. The smallest absolute Gasteiger partial charge is 0.356 e. The topological polar surface area (TPSA) is 49.4 Å². The molecule has 1 heterocycles. The quantitative estimate of drug-likeness (QED) is 0.635. The van der Waals surface area contributed by atoms with Crippen molar-refractivity contribution in [3.63, 3.8) is 0 Å². The van der Waals surface area contributed by atoms with Crippen molar-refractivity contribution in [2.24, 2.45) is 5.92 Å². The molecule has 0 spiro atoms. The van der Waals surface area contributed by atoms with Crippen LogP contribution in [0.1, 0.15) is 18.4 Å². The van der Waals surface area contributed by atoms with Crippen LogP contribution in [0.2, 0.25) is 0 Å². The van der Waals surface area contributed by atoms with Crippen LogP contribution in [0.4, 0.5) is 17.6 Å². The first-order chi connectivity index (χ1) is 11.2. The van der Waals surface area contributed by atoms with Gasteiger partial charge < -0.3 is 10.2 Å². The average Bonchev–Trinajstić information content (AvgIpc) is 2.83. The van der Waals surface area contributed by atoms with Crippen molar-refractivity contribution in [2.75, 3.05) is 19.6 Å². The van der Waals surface area contributed by atoms with Crippen LogP contribution in [0, 0.1) is 11.7 Å². The number of nitrogens with one attached hydrogen (secondary N) is 1. The number of aryl methyl sites for hydroxylation is 1. The Hall–Kier alpha value is -2.12. The molecule has 2 rings (SSSR count). The number of hydrogen-bond acceptors (Lipinski definition) is 2. The molecule has 0 radical (unpaired) electrons. The summed E-state index contributed by atoms with van der Waals surface area (Å²) in [6.45, 7) is -1.22. The monoisotopic (exact) mass is 346 g/mol. The number of alkyl halides is 3. The van der Waals surface area contributed by atoms with Gasteiger partial charge in [0, 0.05) is 19.5 Å². The lowest BCUT2D eigenvalue weighted by atomic mass is 10.1. The lowest BCUT2D eigenvalue weighted by Crippen LogP contribution is -2.37. The Morgan fingerprint density at radius 1 is 1.33 bits per heavy atom. The van der Waals surface area contributed by atoms with E-state index in [0.29, 0.717) is 24.3 Å². The highest BCUT2D eigenvalue weighted by atomic mass is 19.4. The fraction of sp³-hybridized carbons (Fsp3) is 0.500. The molecule has 0 aliphatic carbocycles. The maximum Gasteiger partial charge on any atom is 0.406 e. The summed E-state index contributed by atoms with van der Waals surface area (Å²) in [5.41, 5.74) is 0.802. The van der Waals surface area contributed by atoms with Gasteiger partial charge in [0.2, 0.25) is 11.8 Å². The third-order valence-corrected chi connectivity index (χ3v) is 3.79. The number of likely N-dealkylation sites (tertiary alicyclic amines) is 1. The number of benzene rings is 1. The van der Waals surface area contributed by atoms with Gasteiger partial charge in [-0.05, 0) is 30.5 Å². The lowest BCUT2D eigenvalue weighted by molar-refractivity contribution is -0.157. The van der Waals surface area contributed by atoms with Gasteiger partial charge >= 0.3 is 6.18 Å². The van der Waals surface area contributed by atoms with Crippen LogP contribution < -0.4 is 5.32 Å². The van der Waals surface area contributed by atoms with Gasteiger partial charge in [0.25, 0.3) is 0 Å². The minimum atomic E-state index is -4.47. The highest BCUT2D eigenvalue weighted by Crippen LogP contribution is 2.23. The van der Waals surface area contributed by atoms with Gasteiger partial charge in [-0.2, -0.15) is 13.2 Å². The van der Waals surface area contributed by atoms with E-state index in [9.17, 15) is 27.2 Å². The second kappa shape index (κ2) is 7.63. The predicted molar refractivity (Wildman–Crippen MR) is 78.5 cm³/mol. The standard InChI is InChI=1S/C16H18F4N2O2/c17-13-5-1-3-11(7-13)4-2-6-21-15(24)12-8-14(23)22(9-12)10-16(18,19)20/h1,3,5,7,12H,2,4,6,8-10H2,(H,21,24)/t12-/m1/s1. The molecular formula is C16H18F4N2O2. The van der Waals surface area contributed by atoms with Gasteiger partial charge in [0.15, 0.2) is 0 Å². The molecular weight excluding hydrogens is 328 g/mol. The van der Waals surface area contributed by atoms with Crippen molar-refractivity contribution in [1.82, 2.24) is 10.2 Å². The van der Waals surface area contributed by atoms with Crippen molar-refractivity contribution < 1.29 is 27.2 Å². The summed E-state index contributed by atoms with van der Waals surface area (Å²) in [5.74, 6) is -2.17. The zero-order chi connectivity index (χ0) is 17.7. The SMILES string of the molecule is O=C(NCCCc1cccc(F)c1)[C@@H]1CC(=O)N(CC(F)(F)F)C1. The van der Waals surface area contributed by atoms with Crippen molar-refractivity contribution in [1.29, 1.82) is 0 Å². The van der Waals surface area contributed by atoms with E-state index < -0.39 is 30.5 Å². The van der Waals surface area contributed by atoms with Gasteiger partial charge in [0.05, 0.1) is 5.92 Å². The van der Waals surface area contributed by atoms with Crippen LogP contribution in [0.15, 0.2) is 24.3 Å². The molecule has 132 valence electrons. The first kappa shape index (κ1) is 18.2. The van der Waals surface area contributed by atoms with E-state index in [2.05, 4.69) is 5.32 Å². The zero-order valence-electron chi connectivity index (χ0n) is 12.9. The number of halogens is 4. The molecule has 8 heteroatoms. The van der Waals surface area contributed by atoms with Crippen molar-refractivity contribution in [2.45, 2.75) is 25.4 Å². The van der Waals surface area contributed by atoms with Crippen LogP contribution in [-0.4, -0.2) is 42.5 Å². The van der Waals surface area contributed by atoms with Crippen molar-refractivity contribution in [3.05, 3.63) is 35.6 Å². The predicted octanol–water partition coefficient (Wildman–Crippen LogP) is 2.29. The number of rotatable bonds is 6. The highest BCUT2D eigenvalue weighted by Gasteiger charge is 2.40. The second-order valence-electron chi connectivity index (χ2n) is 5.81. The third-order valence-electron chi connectivity index (χ3n) is 3.79. The molecule has 24 heavy (non-hydrogen) atoms. The van der Waals surface area contributed by atoms with Gasteiger partial charge in [-0.1, -0.05) is 12.1 Å². The van der Waals surface area contributed by atoms with Gasteiger partial charge in [0.1, 0.15) is 12.4 Å².